The number of rotatable bonds is 12. The van der Waals surface area contributed by atoms with Crippen molar-refractivity contribution in [2.45, 2.75) is 52.4 Å². The van der Waals surface area contributed by atoms with Gasteiger partial charge in [0.1, 0.15) is 11.5 Å². The minimum atomic E-state index is 0.846. The molecule has 1 nitrogen and oxygen atoms in total. The lowest BCUT2D eigenvalue weighted by molar-refractivity contribution is 0.470. The van der Waals surface area contributed by atoms with Crippen LogP contribution in [0.5, 0.6) is 11.5 Å². The highest BCUT2D eigenvalue weighted by Crippen LogP contribution is 2.33. The van der Waals surface area contributed by atoms with E-state index < -0.39 is 0 Å². The second kappa shape index (κ2) is 14.0. The Hall–Kier alpha value is -3.84. The molecule has 0 fully saturated rings. The average molecular weight is 487 g/mol. The highest BCUT2D eigenvalue weighted by molar-refractivity contribution is 5.54. The first-order valence-electron chi connectivity index (χ1n) is 13.6. The Balaban J connectivity index is 1.64. The van der Waals surface area contributed by atoms with Crippen LogP contribution in [0.2, 0.25) is 0 Å². The van der Waals surface area contributed by atoms with Crippen LogP contribution in [0.4, 0.5) is 0 Å². The maximum absolute atomic E-state index is 6.75. The summed E-state index contributed by atoms with van der Waals surface area (Å²) in [6.07, 6.45) is 14.9. The summed E-state index contributed by atoms with van der Waals surface area (Å²) in [6, 6.07) is 34.0. The fourth-order valence-corrected chi connectivity index (χ4v) is 4.76. The predicted octanol–water partition coefficient (Wildman–Crippen LogP) is 9.90. The highest BCUT2D eigenvalue weighted by Gasteiger charge is 2.13. The van der Waals surface area contributed by atoms with Gasteiger partial charge in [-0.15, -0.1) is 0 Å². The molecule has 0 aliphatic heterocycles. The van der Waals surface area contributed by atoms with Crippen LogP contribution in [-0.2, 0) is 25.7 Å². The molecule has 0 radical (unpaired) electrons. The number of hydrogen-bond acceptors (Lipinski definition) is 1. The number of benzene rings is 4. The van der Waals surface area contributed by atoms with Crippen LogP contribution in [0.25, 0.3) is 12.2 Å². The van der Waals surface area contributed by atoms with Crippen molar-refractivity contribution >= 4 is 12.2 Å². The quantitative estimate of drug-likeness (QED) is 0.194. The molecular weight excluding hydrogens is 448 g/mol. The largest absolute Gasteiger partial charge is 0.457 e. The van der Waals surface area contributed by atoms with Gasteiger partial charge in [0.2, 0.25) is 0 Å². The predicted molar refractivity (Wildman–Crippen MR) is 159 cm³/mol. The van der Waals surface area contributed by atoms with Gasteiger partial charge in [0.15, 0.2) is 0 Å². The molecule has 37 heavy (non-hydrogen) atoms. The molecule has 0 heterocycles. The number of ether oxygens (including phenoxy) is 1. The van der Waals surface area contributed by atoms with E-state index in [-0.39, 0.29) is 0 Å². The van der Waals surface area contributed by atoms with Crippen LogP contribution < -0.4 is 4.74 Å². The number of aryl methyl sites for hydroxylation is 2. The summed E-state index contributed by atoms with van der Waals surface area (Å²) in [5.74, 6) is 1.93. The first kappa shape index (κ1) is 26.2. The van der Waals surface area contributed by atoms with Crippen LogP contribution in [0.3, 0.4) is 0 Å². The van der Waals surface area contributed by atoms with E-state index in [2.05, 4.69) is 135 Å². The van der Waals surface area contributed by atoms with Gasteiger partial charge < -0.3 is 4.74 Å². The summed E-state index contributed by atoms with van der Waals surface area (Å²) < 4.78 is 6.75. The molecule has 0 saturated carbocycles. The standard InChI is InChI=1S/C36H38O/c1-3-15-31-23-13-27-35(33(31)25-11-21-29-17-7-5-8-18-29)37-36-28-14-24-32(16-4-2)34(36)26-12-22-30-19-9-6-10-20-30/h5-14,17-24,27-28H,3-4,15-16,25-26H2,1-2H3. The molecule has 0 spiro atoms. The summed E-state index contributed by atoms with van der Waals surface area (Å²) in [5, 5.41) is 0. The van der Waals surface area contributed by atoms with Crippen molar-refractivity contribution in [1.29, 1.82) is 0 Å². The lowest BCUT2D eigenvalue weighted by atomic mass is 9.97. The first-order valence-corrected chi connectivity index (χ1v) is 13.6. The Morgan fingerprint density at radius 1 is 0.514 bits per heavy atom. The maximum atomic E-state index is 6.75. The molecule has 188 valence electrons. The minimum Gasteiger partial charge on any atom is -0.457 e. The highest BCUT2D eigenvalue weighted by atomic mass is 16.5. The molecule has 0 atom stereocenters. The second-order valence-electron chi connectivity index (χ2n) is 9.42. The van der Waals surface area contributed by atoms with Gasteiger partial charge in [-0.1, -0.05) is 136 Å². The van der Waals surface area contributed by atoms with Gasteiger partial charge in [0, 0.05) is 11.1 Å². The van der Waals surface area contributed by atoms with Gasteiger partial charge in [-0.2, -0.15) is 0 Å². The smallest absolute Gasteiger partial charge is 0.131 e. The van der Waals surface area contributed by atoms with Gasteiger partial charge in [-0.25, -0.2) is 0 Å². The molecule has 4 rings (SSSR count). The first-order chi connectivity index (χ1) is 18.3. The van der Waals surface area contributed by atoms with Crippen molar-refractivity contribution in [3.8, 4) is 11.5 Å². The molecule has 0 bridgehead atoms. The van der Waals surface area contributed by atoms with E-state index in [4.69, 9.17) is 4.74 Å². The lowest BCUT2D eigenvalue weighted by Gasteiger charge is -2.18. The number of hydrogen-bond donors (Lipinski definition) is 0. The maximum Gasteiger partial charge on any atom is 0.131 e. The van der Waals surface area contributed by atoms with Gasteiger partial charge in [-0.05, 0) is 60.1 Å². The molecule has 1 heteroatoms. The molecule has 0 N–H and O–H groups in total. The van der Waals surface area contributed by atoms with Crippen molar-refractivity contribution in [2.75, 3.05) is 0 Å². The Labute approximate surface area is 223 Å². The Kier molecular flexibility index (Phi) is 9.95. The van der Waals surface area contributed by atoms with Crippen LogP contribution in [0.1, 0.15) is 60.1 Å². The van der Waals surface area contributed by atoms with E-state index in [1.165, 1.54) is 33.4 Å². The van der Waals surface area contributed by atoms with Crippen molar-refractivity contribution in [3.63, 3.8) is 0 Å². The van der Waals surface area contributed by atoms with Crippen molar-refractivity contribution in [2.24, 2.45) is 0 Å². The van der Waals surface area contributed by atoms with Crippen LogP contribution >= 0.6 is 0 Å². The van der Waals surface area contributed by atoms with Crippen molar-refractivity contribution < 1.29 is 4.74 Å². The second-order valence-corrected chi connectivity index (χ2v) is 9.42. The summed E-state index contributed by atoms with van der Waals surface area (Å²) in [4.78, 5) is 0. The molecule has 4 aromatic carbocycles. The van der Waals surface area contributed by atoms with E-state index in [1.807, 2.05) is 0 Å². The Bertz CT molecular complexity index is 1200. The van der Waals surface area contributed by atoms with Gasteiger partial charge in [-0.3, -0.25) is 0 Å². The van der Waals surface area contributed by atoms with E-state index in [0.717, 1.165) is 50.0 Å². The average Bonchev–Trinajstić information content (AvgIpc) is 2.93. The molecule has 4 aromatic rings. The van der Waals surface area contributed by atoms with Crippen LogP contribution in [0.15, 0.2) is 109 Å². The third-order valence-corrected chi connectivity index (χ3v) is 6.58. The van der Waals surface area contributed by atoms with Crippen molar-refractivity contribution in [3.05, 3.63) is 143 Å². The molecular formula is C36H38O. The molecule has 0 aliphatic carbocycles. The lowest BCUT2D eigenvalue weighted by Crippen LogP contribution is -2.01. The summed E-state index contributed by atoms with van der Waals surface area (Å²) in [5.41, 5.74) is 7.74. The molecule has 0 saturated heterocycles. The summed E-state index contributed by atoms with van der Waals surface area (Å²) in [7, 11) is 0. The van der Waals surface area contributed by atoms with Gasteiger partial charge in [0.25, 0.3) is 0 Å². The summed E-state index contributed by atoms with van der Waals surface area (Å²) in [6.45, 7) is 4.48. The zero-order valence-corrected chi connectivity index (χ0v) is 22.2. The fraction of sp³-hybridized carbons (Fsp3) is 0.222. The van der Waals surface area contributed by atoms with Gasteiger partial charge in [0.05, 0.1) is 0 Å². The molecule has 0 aliphatic rings. The topological polar surface area (TPSA) is 9.23 Å². The third-order valence-electron chi connectivity index (χ3n) is 6.58. The zero-order chi connectivity index (χ0) is 25.7. The molecule has 0 amide bonds. The van der Waals surface area contributed by atoms with E-state index in [9.17, 15) is 0 Å². The zero-order valence-electron chi connectivity index (χ0n) is 22.2. The molecule has 0 aromatic heterocycles. The normalized spacial score (nSPS) is 11.4. The van der Waals surface area contributed by atoms with Crippen LogP contribution in [-0.4, -0.2) is 0 Å². The van der Waals surface area contributed by atoms with E-state index in [0.29, 0.717) is 0 Å². The SMILES string of the molecule is CCCc1cccc(Oc2cccc(CCC)c2CC=Cc2ccccc2)c1CC=Cc1ccccc1. The number of allylic oxidation sites excluding steroid dienone is 2. The Morgan fingerprint density at radius 2 is 0.946 bits per heavy atom. The fourth-order valence-electron chi connectivity index (χ4n) is 4.76. The summed E-state index contributed by atoms with van der Waals surface area (Å²) >= 11 is 0. The van der Waals surface area contributed by atoms with E-state index in [1.54, 1.807) is 0 Å². The van der Waals surface area contributed by atoms with Crippen molar-refractivity contribution in [1.82, 2.24) is 0 Å². The minimum absolute atomic E-state index is 0.846. The monoisotopic (exact) mass is 486 g/mol. The third kappa shape index (κ3) is 7.57. The van der Waals surface area contributed by atoms with Crippen LogP contribution in [0, 0.1) is 0 Å². The van der Waals surface area contributed by atoms with E-state index >= 15 is 0 Å². The molecule has 0 unspecified atom stereocenters. The van der Waals surface area contributed by atoms with Gasteiger partial charge >= 0.3 is 0 Å². The Morgan fingerprint density at radius 3 is 1.35 bits per heavy atom.